The zero-order chi connectivity index (χ0) is 11.9. The zero-order valence-electron chi connectivity index (χ0n) is 9.66. The van der Waals surface area contributed by atoms with Crippen molar-refractivity contribution in [2.45, 2.75) is 46.1 Å². The number of hydrogen-bond donors (Lipinski definition) is 1. The second-order valence-electron chi connectivity index (χ2n) is 5.21. The maximum absolute atomic E-state index is 11.3. The fraction of sp³-hybridized carbons (Fsp3) is 0.818. The van der Waals surface area contributed by atoms with Crippen molar-refractivity contribution < 1.29 is 19.4 Å². The van der Waals surface area contributed by atoms with Crippen LogP contribution >= 0.6 is 0 Å². The van der Waals surface area contributed by atoms with E-state index in [0.717, 1.165) is 0 Å². The molecule has 15 heavy (non-hydrogen) atoms. The van der Waals surface area contributed by atoms with Crippen LogP contribution in [0.25, 0.3) is 0 Å². The number of rotatable bonds is 3. The van der Waals surface area contributed by atoms with E-state index in [9.17, 15) is 14.7 Å². The molecule has 0 bridgehead atoms. The van der Waals surface area contributed by atoms with Gasteiger partial charge >= 0.3 is 5.97 Å². The van der Waals surface area contributed by atoms with Crippen LogP contribution in [0.3, 0.4) is 0 Å². The summed E-state index contributed by atoms with van der Waals surface area (Å²) in [5.41, 5.74) is -2.11. The quantitative estimate of drug-likeness (QED) is 0.728. The van der Waals surface area contributed by atoms with Crippen LogP contribution in [0.2, 0.25) is 0 Å². The molecule has 0 saturated heterocycles. The Bertz CT molecular complexity index is 297. The Morgan fingerprint density at radius 3 is 2.13 bits per heavy atom. The summed E-state index contributed by atoms with van der Waals surface area (Å²) in [4.78, 5) is 21.8. The van der Waals surface area contributed by atoms with E-state index < -0.39 is 22.4 Å². The van der Waals surface area contributed by atoms with E-state index >= 15 is 0 Å². The van der Waals surface area contributed by atoms with Crippen LogP contribution in [0.1, 0.15) is 40.5 Å². The van der Waals surface area contributed by atoms with Crippen molar-refractivity contribution in [2.24, 2.45) is 10.8 Å². The van der Waals surface area contributed by atoms with Crippen molar-refractivity contribution in [2.75, 3.05) is 0 Å². The van der Waals surface area contributed by atoms with Crippen molar-refractivity contribution in [3.05, 3.63) is 0 Å². The van der Waals surface area contributed by atoms with Crippen LogP contribution in [-0.4, -0.2) is 23.1 Å². The summed E-state index contributed by atoms with van der Waals surface area (Å²) in [5.74, 6) is -0.828. The monoisotopic (exact) mass is 214 g/mol. The molecule has 0 heterocycles. The molecule has 1 N–H and O–H groups in total. The molecule has 2 atom stereocenters. The van der Waals surface area contributed by atoms with Crippen LogP contribution < -0.4 is 0 Å². The number of carboxylic acids is 1. The molecule has 0 aliphatic heterocycles. The Morgan fingerprint density at radius 2 is 1.80 bits per heavy atom. The van der Waals surface area contributed by atoms with Gasteiger partial charge in [-0.05, 0) is 26.7 Å². The lowest BCUT2D eigenvalue weighted by Gasteiger charge is -2.43. The molecule has 0 amide bonds. The SMILES string of the molecule is CC1(OC=O)CCC(C)(C(=O)O)C1(C)C. The largest absolute Gasteiger partial charge is 0.481 e. The molecule has 4 nitrogen and oxygen atoms in total. The highest BCUT2D eigenvalue weighted by atomic mass is 16.5. The van der Waals surface area contributed by atoms with Gasteiger partial charge in [0, 0.05) is 5.41 Å². The topological polar surface area (TPSA) is 63.6 Å². The minimum Gasteiger partial charge on any atom is -0.481 e. The molecule has 0 aromatic carbocycles. The van der Waals surface area contributed by atoms with E-state index in [4.69, 9.17) is 4.74 Å². The van der Waals surface area contributed by atoms with Crippen molar-refractivity contribution in [1.82, 2.24) is 0 Å². The molecule has 2 unspecified atom stereocenters. The summed E-state index contributed by atoms with van der Waals surface area (Å²) in [6.45, 7) is 7.62. The van der Waals surface area contributed by atoms with Crippen LogP contribution in [-0.2, 0) is 14.3 Å². The van der Waals surface area contributed by atoms with E-state index in [-0.39, 0.29) is 0 Å². The molecule has 1 aliphatic rings. The van der Waals surface area contributed by atoms with Crippen LogP contribution in [0, 0.1) is 10.8 Å². The standard InChI is InChI=1S/C11H18O4/c1-9(2)10(3,8(13)14)5-6-11(9,4)15-7-12/h7H,5-6H2,1-4H3,(H,13,14). The Balaban J connectivity index is 3.14. The Kier molecular flexibility index (Phi) is 2.58. The summed E-state index contributed by atoms with van der Waals surface area (Å²) in [5, 5.41) is 9.26. The third-order valence-electron chi connectivity index (χ3n) is 4.58. The van der Waals surface area contributed by atoms with E-state index in [0.29, 0.717) is 19.3 Å². The molecule has 0 aromatic heterocycles. The summed E-state index contributed by atoms with van der Waals surface area (Å²) in [6.07, 6.45) is 1.11. The van der Waals surface area contributed by atoms with Gasteiger partial charge in [-0.3, -0.25) is 9.59 Å². The van der Waals surface area contributed by atoms with Crippen molar-refractivity contribution in [1.29, 1.82) is 0 Å². The first-order chi connectivity index (χ1) is 6.71. The molecule has 1 aliphatic carbocycles. The van der Waals surface area contributed by atoms with Gasteiger partial charge in [-0.2, -0.15) is 0 Å². The molecule has 86 valence electrons. The Hall–Kier alpha value is -1.06. The molecule has 1 saturated carbocycles. The fourth-order valence-corrected chi connectivity index (χ4v) is 2.38. The average Bonchev–Trinajstić information content (AvgIpc) is 2.29. The Morgan fingerprint density at radius 1 is 1.27 bits per heavy atom. The van der Waals surface area contributed by atoms with Gasteiger partial charge in [0.15, 0.2) is 0 Å². The predicted molar refractivity (Wildman–Crippen MR) is 54.3 cm³/mol. The maximum atomic E-state index is 11.3. The summed E-state index contributed by atoms with van der Waals surface area (Å²) in [6, 6.07) is 0. The fourth-order valence-electron chi connectivity index (χ4n) is 2.38. The second-order valence-corrected chi connectivity index (χ2v) is 5.21. The smallest absolute Gasteiger partial charge is 0.310 e. The highest BCUT2D eigenvalue weighted by Crippen LogP contribution is 2.59. The average molecular weight is 214 g/mol. The van der Waals surface area contributed by atoms with E-state index in [1.54, 1.807) is 13.8 Å². The van der Waals surface area contributed by atoms with Gasteiger partial charge in [0.1, 0.15) is 5.60 Å². The second kappa shape index (κ2) is 3.22. The summed E-state index contributed by atoms with van der Waals surface area (Å²) in [7, 11) is 0. The molecule has 0 spiro atoms. The lowest BCUT2D eigenvalue weighted by Crippen LogP contribution is -2.49. The Labute approximate surface area is 89.6 Å². The van der Waals surface area contributed by atoms with E-state index in [1.165, 1.54) is 0 Å². The lowest BCUT2D eigenvalue weighted by atomic mass is 9.64. The van der Waals surface area contributed by atoms with Crippen LogP contribution in [0.15, 0.2) is 0 Å². The van der Waals surface area contributed by atoms with Crippen molar-refractivity contribution >= 4 is 12.4 Å². The maximum Gasteiger partial charge on any atom is 0.310 e. The molecular formula is C11H18O4. The zero-order valence-corrected chi connectivity index (χ0v) is 9.66. The van der Waals surface area contributed by atoms with Crippen LogP contribution in [0.5, 0.6) is 0 Å². The van der Waals surface area contributed by atoms with Gasteiger partial charge < -0.3 is 9.84 Å². The van der Waals surface area contributed by atoms with E-state index in [1.807, 2.05) is 13.8 Å². The number of carbonyl (C=O) groups excluding carboxylic acids is 1. The first-order valence-corrected chi connectivity index (χ1v) is 5.06. The van der Waals surface area contributed by atoms with Crippen molar-refractivity contribution in [3.63, 3.8) is 0 Å². The van der Waals surface area contributed by atoms with Gasteiger partial charge in [0.05, 0.1) is 5.41 Å². The molecular weight excluding hydrogens is 196 g/mol. The van der Waals surface area contributed by atoms with Gasteiger partial charge in [-0.1, -0.05) is 13.8 Å². The third-order valence-corrected chi connectivity index (χ3v) is 4.58. The molecule has 1 fully saturated rings. The lowest BCUT2D eigenvalue weighted by molar-refractivity contribution is -0.170. The first-order valence-electron chi connectivity index (χ1n) is 5.06. The normalized spacial score (nSPS) is 38.7. The number of carbonyl (C=O) groups is 2. The molecule has 0 aromatic rings. The predicted octanol–water partition coefficient (Wildman–Crippen LogP) is 1.83. The number of hydrogen-bond acceptors (Lipinski definition) is 3. The molecule has 4 heteroatoms. The highest BCUT2D eigenvalue weighted by Gasteiger charge is 2.63. The van der Waals surface area contributed by atoms with E-state index in [2.05, 4.69) is 0 Å². The third kappa shape index (κ3) is 1.34. The molecule has 1 rings (SSSR count). The number of ether oxygens (including phenoxy) is 1. The highest BCUT2D eigenvalue weighted by molar-refractivity contribution is 5.76. The minimum absolute atomic E-state index is 0.412. The van der Waals surface area contributed by atoms with Crippen LogP contribution in [0.4, 0.5) is 0 Å². The summed E-state index contributed by atoms with van der Waals surface area (Å²) < 4.78 is 5.11. The van der Waals surface area contributed by atoms with Gasteiger partial charge in [0.2, 0.25) is 0 Å². The van der Waals surface area contributed by atoms with Gasteiger partial charge in [-0.15, -0.1) is 0 Å². The minimum atomic E-state index is -0.843. The summed E-state index contributed by atoms with van der Waals surface area (Å²) >= 11 is 0. The number of carboxylic acid groups (broad SMARTS) is 1. The van der Waals surface area contributed by atoms with Crippen molar-refractivity contribution in [3.8, 4) is 0 Å². The number of aliphatic carboxylic acids is 1. The van der Waals surface area contributed by atoms with Gasteiger partial charge in [-0.25, -0.2) is 0 Å². The molecule has 0 radical (unpaired) electrons. The van der Waals surface area contributed by atoms with Gasteiger partial charge in [0.25, 0.3) is 6.47 Å². The first kappa shape index (κ1) is 12.0.